The summed E-state index contributed by atoms with van der Waals surface area (Å²) in [6.07, 6.45) is -3.68. The van der Waals surface area contributed by atoms with Crippen LogP contribution in [0.4, 0.5) is 22.4 Å². The summed E-state index contributed by atoms with van der Waals surface area (Å²) < 4.78 is 65.8. The van der Waals surface area contributed by atoms with E-state index in [0.717, 1.165) is 13.1 Å². The molecule has 3 heterocycles. The number of carbonyl (C=O) groups is 1. The Hall–Kier alpha value is -1.95. The predicted octanol–water partition coefficient (Wildman–Crippen LogP) is 4.08. The molecule has 1 amide bonds. The number of amides is 1. The van der Waals surface area contributed by atoms with Gasteiger partial charge in [0.15, 0.2) is 11.9 Å². The molecule has 1 aromatic rings. The van der Waals surface area contributed by atoms with Crippen molar-refractivity contribution in [3.63, 3.8) is 0 Å². The quantitative estimate of drug-likeness (QED) is 0.559. The largest absolute Gasteiger partial charge is 0.438 e. The normalized spacial score (nSPS) is 28.0. The van der Waals surface area contributed by atoms with Crippen LogP contribution < -0.4 is 0 Å². The molecule has 3 aliphatic rings. The highest BCUT2D eigenvalue weighted by Gasteiger charge is 2.52. The average Bonchev–Trinajstić information content (AvgIpc) is 3.32. The minimum absolute atomic E-state index is 0.167. The Morgan fingerprint density at radius 3 is 2.31 bits per heavy atom. The molecule has 2 saturated heterocycles. The highest BCUT2D eigenvalue weighted by atomic mass is 19.3. The number of hydrogen-bond donors (Lipinski definition) is 0. The van der Waals surface area contributed by atoms with Crippen LogP contribution in [0.25, 0.3) is 0 Å². The number of rotatable bonds is 5. The Kier molecular flexibility index (Phi) is 7.61. The number of ether oxygens (including phenoxy) is 1. The number of hydrogen-bond acceptors (Lipinski definition) is 7. The van der Waals surface area contributed by atoms with Gasteiger partial charge in [0.25, 0.3) is 11.8 Å². The van der Waals surface area contributed by atoms with Crippen LogP contribution in [0.15, 0.2) is 4.52 Å². The molecule has 1 aromatic heterocycles. The van der Waals surface area contributed by atoms with Crippen molar-refractivity contribution in [1.82, 2.24) is 24.8 Å². The first-order valence-corrected chi connectivity index (χ1v) is 12.4. The van der Waals surface area contributed by atoms with E-state index in [1.54, 1.807) is 0 Å². The minimum Gasteiger partial charge on any atom is -0.438 e. The van der Waals surface area contributed by atoms with E-state index in [-0.39, 0.29) is 25.3 Å². The molecule has 2 atom stereocenters. The molecule has 2 aliphatic heterocycles. The smallest absolute Gasteiger partial charge is 0.410 e. The Balaban J connectivity index is 1.38. The molecule has 0 N–H and O–H groups in total. The van der Waals surface area contributed by atoms with E-state index in [4.69, 9.17) is 4.74 Å². The van der Waals surface area contributed by atoms with E-state index in [2.05, 4.69) is 33.4 Å². The maximum Gasteiger partial charge on any atom is 0.410 e. The zero-order chi connectivity index (χ0) is 25.4. The van der Waals surface area contributed by atoms with Gasteiger partial charge in [0.05, 0.1) is 6.04 Å². The Morgan fingerprint density at radius 1 is 1.09 bits per heavy atom. The summed E-state index contributed by atoms with van der Waals surface area (Å²) in [5.74, 6) is -3.66. The van der Waals surface area contributed by atoms with Crippen molar-refractivity contribution in [2.24, 2.45) is 0 Å². The Morgan fingerprint density at radius 2 is 1.74 bits per heavy atom. The second-order valence-electron chi connectivity index (χ2n) is 10.5. The van der Waals surface area contributed by atoms with Gasteiger partial charge in [-0.05, 0) is 39.5 Å². The van der Waals surface area contributed by atoms with Crippen molar-refractivity contribution in [3.05, 3.63) is 11.7 Å². The third-order valence-corrected chi connectivity index (χ3v) is 7.85. The molecule has 1 aliphatic carbocycles. The third-order valence-electron chi connectivity index (χ3n) is 7.85. The van der Waals surface area contributed by atoms with Gasteiger partial charge in [-0.1, -0.05) is 12.1 Å². The standard InChI is InChI=1S/C23H35F4N5O3/c1-15(2)30-11-13-31(14-12-30)16-5-4-6-23(26,27)17(16)34-21(33)32-9-7-22(3,8-10-32)20-28-19(18(24)25)35-29-20/h15-18H,4-14H2,1-3H3/t16-,17+/m0/s1. The van der Waals surface area contributed by atoms with Gasteiger partial charge < -0.3 is 14.2 Å². The molecule has 1 saturated carbocycles. The number of nitrogens with zero attached hydrogens (tertiary/aromatic N) is 5. The van der Waals surface area contributed by atoms with E-state index in [9.17, 15) is 22.4 Å². The molecule has 0 spiro atoms. The molecule has 0 aromatic carbocycles. The predicted molar refractivity (Wildman–Crippen MR) is 119 cm³/mol. The molecule has 3 fully saturated rings. The molecular formula is C23H35F4N5O3. The fourth-order valence-electron chi connectivity index (χ4n) is 5.40. The van der Waals surface area contributed by atoms with Gasteiger partial charge in [0.2, 0.25) is 0 Å². The molecule has 0 unspecified atom stereocenters. The number of piperidine rings is 1. The van der Waals surface area contributed by atoms with Crippen LogP contribution in [0.5, 0.6) is 0 Å². The van der Waals surface area contributed by atoms with Gasteiger partial charge in [-0.2, -0.15) is 13.8 Å². The highest BCUT2D eigenvalue weighted by Crippen LogP contribution is 2.39. The highest BCUT2D eigenvalue weighted by molar-refractivity contribution is 5.68. The van der Waals surface area contributed by atoms with Crippen LogP contribution in [0.1, 0.15) is 71.0 Å². The SMILES string of the molecule is CC(C)N1CCN([C@H]2CCCC(F)(F)[C@@H]2OC(=O)N2CCC(C)(c3noc(C(F)F)n3)CC2)CC1. The first kappa shape index (κ1) is 26.1. The molecule has 8 nitrogen and oxygen atoms in total. The van der Waals surface area contributed by atoms with Gasteiger partial charge >= 0.3 is 12.5 Å². The lowest BCUT2D eigenvalue weighted by Crippen LogP contribution is -2.61. The van der Waals surface area contributed by atoms with E-state index < -0.39 is 41.9 Å². The third kappa shape index (κ3) is 5.58. The Labute approximate surface area is 202 Å². The number of aromatic nitrogens is 2. The van der Waals surface area contributed by atoms with Gasteiger partial charge in [0.1, 0.15) is 0 Å². The first-order valence-electron chi connectivity index (χ1n) is 12.4. The lowest BCUT2D eigenvalue weighted by molar-refractivity contribution is -0.170. The second-order valence-corrected chi connectivity index (χ2v) is 10.5. The summed E-state index contributed by atoms with van der Waals surface area (Å²) in [5, 5.41) is 3.68. The van der Waals surface area contributed by atoms with Gasteiger partial charge in [0, 0.05) is 57.1 Å². The zero-order valence-electron chi connectivity index (χ0n) is 20.6. The van der Waals surface area contributed by atoms with Crippen molar-refractivity contribution < 1.29 is 31.6 Å². The topological polar surface area (TPSA) is 74.9 Å². The molecule has 35 heavy (non-hydrogen) atoms. The van der Waals surface area contributed by atoms with Crippen LogP contribution in [0.2, 0.25) is 0 Å². The molecule has 12 heteroatoms. The molecular weight excluding hydrogens is 470 g/mol. The van der Waals surface area contributed by atoms with Crippen molar-refractivity contribution in [2.45, 2.75) is 88.8 Å². The van der Waals surface area contributed by atoms with E-state index >= 15 is 0 Å². The number of likely N-dealkylation sites (tertiary alicyclic amines) is 1. The van der Waals surface area contributed by atoms with Crippen LogP contribution in [0.3, 0.4) is 0 Å². The van der Waals surface area contributed by atoms with Crippen molar-refractivity contribution in [3.8, 4) is 0 Å². The second kappa shape index (κ2) is 10.2. The first-order chi connectivity index (χ1) is 16.5. The van der Waals surface area contributed by atoms with E-state index in [1.165, 1.54) is 4.90 Å². The molecule has 0 bridgehead atoms. The maximum atomic E-state index is 15.0. The minimum atomic E-state index is -3.09. The summed E-state index contributed by atoms with van der Waals surface area (Å²) in [6, 6.07) is -0.114. The lowest BCUT2D eigenvalue weighted by atomic mass is 9.80. The molecule has 4 rings (SSSR count). The van der Waals surface area contributed by atoms with Crippen LogP contribution in [-0.4, -0.2) is 94.3 Å². The number of carbonyl (C=O) groups excluding carboxylic acids is 1. The average molecular weight is 506 g/mol. The van der Waals surface area contributed by atoms with Crippen LogP contribution in [0, 0.1) is 0 Å². The molecule has 0 radical (unpaired) electrons. The summed E-state index contributed by atoms with van der Waals surface area (Å²) in [5.41, 5.74) is -0.652. The van der Waals surface area contributed by atoms with Crippen molar-refractivity contribution in [1.29, 1.82) is 0 Å². The van der Waals surface area contributed by atoms with Gasteiger partial charge in [-0.3, -0.25) is 9.80 Å². The van der Waals surface area contributed by atoms with Crippen molar-refractivity contribution >= 4 is 6.09 Å². The van der Waals surface area contributed by atoms with Gasteiger partial charge in [-0.15, -0.1) is 0 Å². The van der Waals surface area contributed by atoms with E-state index in [1.807, 2.05) is 11.8 Å². The summed E-state index contributed by atoms with van der Waals surface area (Å²) in [7, 11) is 0. The molecule has 198 valence electrons. The van der Waals surface area contributed by atoms with Crippen molar-refractivity contribution in [2.75, 3.05) is 39.3 Å². The number of piperazine rings is 1. The summed E-state index contributed by atoms with van der Waals surface area (Å²) >= 11 is 0. The van der Waals surface area contributed by atoms with E-state index in [0.29, 0.717) is 44.8 Å². The monoisotopic (exact) mass is 505 g/mol. The fraction of sp³-hybridized carbons (Fsp3) is 0.870. The zero-order valence-corrected chi connectivity index (χ0v) is 20.6. The maximum absolute atomic E-state index is 15.0. The Bertz CT molecular complexity index is 867. The summed E-state index contributed by atoms with van der Waals surface area (Å²) in [4.78, 5) is 22.5. The summed E-state index contributed by atoms with van der Waals surface area (Å²) in [6.45, 7) is 9.44. The lowest BCUT2D eigenvalue weighted by Gasteiger charge is -2.47. The van der Waals surface area contributed by atoms with Crippen LogP contribution >= 0.6 is 0 Å². The van der Waals surface area contributed by atoms with Gasteiger partial charge in [-0.25, -0.2) is 13.6 Å². The number of alkyl halides is 4. The fourth-order valence-corrected chi connectivity index (χ4v) is 5.40. The number of halogens is 4. The van der Waals surface area contributed by atoms with Crippen LogP contribution in [-0.2, 0) is 10.2 Å².